The van der Waals surface area contributed by atoms with E-state index in [1.54, 1.807) is 0 Å². The highest BCUT2D eigenvalue weighted by molar-refractivity contribution is 7.47. The largest absolute Gasteiger partial charge is 0.472 e. The van der Waals surface area contributed by atoms with Gasteiger partial charge in [0.05, 0.1) is 26.4 Å². The highest BCUT2D eigenvalue weighted by atomic mass is 31.2. The highest BCUT2D eigenvalue weighted by Gasteiger charge is 2.30. The summed E-state index contributed by atoms with van der Waals surface area (Å²) in [5.41, 5.74) is 0. The Kier molecular flexibility index (Phi) is 70.9. The summed E-state index contributed by atoms with van der Waals surface area (Å²) < 4.78 is 68.7. The van der Waals surface area contributed by atoms with Crippen LogP contribution in [-0.2, 0) is 65.4 Å². The Morgan fingerprint density at radius 3 is 0.752 bits per heavy atom. The number of hydrogen-bond acceptors (Lipinski definition) is 15. The van der Waals surface area contributed by atoms with Gasteiger partial charge >= 0.3 is 39.5 Å². The zero-order valence-electron chi connectivity index (χ0n) is 66.4. The SMILES string of the molecule is CCCCCCCCCCCCCCCCCCCCCCCCC(=O)O[C@H](COC(=O)CCCCCCCCCCCCCCC(C)C)COP(=O)(O)OC[C@@H](O)COP(=O)(O)OC[C@@H](COC(=O)CCCCCCCCC(C)CC)OC(=O)CCCCCCCCCCCCCC(C)C. The van der Waals surface area contributed by atoms with Gasteiger partial charge in [-0.3, -0.25) is 37.3 Å². The summed E-state index contributed by atoms with van der Waals surface area (Å²) in [4.78, 5) is 73.0. The molecule has 0 bridgehead atoms. The first-order chi connectivity index (χ1) is 48.8. The third-order valence-electron chi connectivity index (χ3n) is 19.5. The van der Waals surface area contributed by atoms with Crippen molar-refractivity contribution in [2.45, 2.75) is 446 Å². The molecule has 0 saturated heterocycles. The number of phosphoric ester groups is 2. The first-order valence-corrected chi connectivity index (χ1v) is 45.4. The molecule has 0 heterocycles. The molecule has 0 amide bonds. The van der Waals surface area contributed by atoms with Gasteiger partial charge in [-0.2, -0.15) is 0 Å². The van der Waals surface area contributed by atoms with Gasteiger partial charge in [0, 0.05) is 25.7 Å². The van der Waals surface area contributed by atoms with E-state index in [1.807, 2.05) is 0 Å². The van der Waals surface area contributed by atoms with Crippen molar-refractivity contribution in [2.75, 3.05) is 39.6 Å². The fraction of sp³-hybridized carbons (Fsp3) is 0.951. The van der Waals surface area contributed by atoms with Crippen molar-refractivity contribution in [3.8, 4) is 0 Å². The summed E-state index contributed by atoms with van der Waals surface area (Å²) in [6.07, 6.45) is 61.2. The van der Waals surface area contributed by atoms with Gasteiger partial charge in [0.1, 0.15) is 19.3 Å². The van der Waals surface area contributed by atoms with Gasteiger partial charge in [0.2, 0.25) is 0 Å². The van der Waals surface area contributed by atoms with Crippen LogP contribution in [-0.4, -0.2) is 96.7 Å². The lowest BCUT2D eigenvalue weighted by molar-refractivity contribution is -0.161. The second-order valence-electron chi connectivity index (χ2n) is 30.7. The van der Waals surface area contributed by atoms with Gasteiger partial charge in [0.25, 0.3) is 0 Å². The molecule has 0 aliphatic rings. The fourth-order valence-corrected chi connectivity index (χ4v) is 14.2. The van der Waals surface area contributed by atoms with E-state index in [4.69, 9.17) is 37.0 Å². The number of ether oxygens (including phenoxy) is 4. The van der Waals surface area contributed by atoms with E-state index in [2.05, 4.69) is 48.5 Å². The maximum Gasteiger partial charge on any atom is 0.472 e. The van der Waals surface area contributed by atoms with Gasteiger partial charge in [0.15, 0.2) is 12.2 Å². The van der Waals surface area contributed by atoms with Crippen LogP contribution in [0.2, 0.25) is 0 Å². The predicted octanol–water partition coefficient (Wildman–Crippen LogP) is 24.5. The molecule has 17 nitrogen and oxygen atoms in total. The molecule has 0 aromatic heterocycles. The normalized spacial score (nSPS) is 14.2. The third-order valence-corrected chi connectivity index (χ3v) is 21.4. The summed E-state index contributed by atoms with van der Waals surface area (Å²) in [7, 11) is -9.92. The van der Waals surface area contributed by atoms with Crippen molar-refractivity contribution in [1.82, 2.24) is 0 Å². The quantitative estimate of drug-likeness (QED) is 0.0222. The topological polar surface area (TPSA) is 237 Å². The number of aliphatic hydroxyl groups excluding tert-OH is 1. The Morgan fingerprint density at radius 1 is 0.287 bits per heavy atom. The highest BCUT2D eigenvalue weighted by Crippen LogP contribution is 2.45. The maximum absolute atomic E-state index is 13.1. The molecule has 0 aromatic carbocycles. The molecule has 3 N–H and O–H groups in total. The lowest BCUT2D eigenvalue weighted by atomic mass is 10.00. The Balaban J connectivity index is 5.22. The molecule has 3 unspecified atom stereocenters. The molecule has 0 aliphatic carbocycles. The molecule has 6 atom stereocenters. The van der Waals surface area contributed by atoms with Gasteiger partial charge in [-0.15, -0.1) is 0 Å². The Morgan fingerprint density at radius 2 is 0.505 bits per heavy atom. The summed E-state index contributed by atoms with van der Waals surface area (Å²) in [6.45, 7) is 11.9. The van der Waals surface area contributed by atoms with E-state index < -0.39 is 97.5 Å². The van der Waals surface area contributed by atoms with Crippen molar-refractivity contribution in [3.63, 3.8) is 0 Å². The minimum Gasteiger partial charge on any atom is -0.462 e. The van der Waals surface area contributed by atoms with E-state index >= 15 is 0 Å². The van der Waals surface area contributed by atoms with Crippen molar-refractivity contribution in [2.24, 2.45) is 17.8 Å². The minimum absolute atomic E-state index is 0.106. The smallest absolute Gasteiger partial charge is 0.462 e. The monoisotopic (exact) mass is 1480 g/mol. The van der Waals surface area contributed by atoms with Gasteiger partial charge in [-0.25, -0.2) is 9.13 Å². The molecular formula is C82H160O17P2. The summed E-state index contributed by atoms with van der Waals surface area (Å²) in [6, 6.07) is 0. The van der Waals surface area contributed by atoms with Crippen LogP contribution in [0.15, 0.2) is 0 Å². The molecule has 101 heavy (non-hydrogen) atoms. The molecular weight excluding hydrogens is 1320 g/mol. The molecule has 0 fully saturated rings. The van der Waals surface area contributed by atoms with Gasteiger partial charge in [-0.1, -0.05) is 376 Å². The van der Waals surface area contributed by atoms with Crippen molar-refractivity contribution in [3.05, 3.63) is 0 Å². The number of phosphoric acid groups is 2. The van der Waals surface area contributed by atoms with Gasteiger partial charge in [-0.05, 0) is 43.4 Å². The fourth-order valence-electron chi connectivity index (χ4n) is 12.6. The molecule has 600 valence electrons. The van der Waals surface area contributed by atoms with Crippen molar-refractivity contribution >= 4 is 39.5 Å². The Labute approximate surface area is 619 Å². The average molecular weight is 1480 g/mol. The van der Waals surface area contributed by atoms with Crippen LogP contribution in [0.4, 0.5) is 0 Å². The number of aliphatic hydroxyl groups is 1. The Hall–Kier alpha value is -1.94. The van der Waals surface area contributed by atoms with E-state index in [0.29, 0.717) is 25.7 Å². The van der Waals surface area contributed by atoms with Crippen LogP contribution < -0.4 is 0 Å². The zero-order valence-corrected chi connectivity index (χ0v) is 68.2. The van der Waals surface area contributed by atoms with Crippen molar-refractivity contribution < 1.29 is 80.2 Å². The zero-order chi connectivity index (χ0) is 74.4. The standard InChI is InChI=1S/C82H160O17P2/c1-8-10-11-12-13-14-15-16-17-18-19-20-21-22-23-24-25-32-37-42-51-58-65-81(86)98-77(69-92-79(84)63-56-49-41-36-31-27-26-29-34-39-46-53-60-73(3)4)71-96-100(88,89)94-67-76(83)68-95-101(90,91)97-72-78(70-93-80(85)64-57-50-45-44-48-55-62-75(7)9-2)99-82(87)66-59-52-43-38-33-28-30-35-40-47-54-61-74(5)6/h73-78,83H,8-72H2,1-7H3,(H,88,89)(H,90,91)/t75?,76-,77-,78-/m1/s1. The lowest BCUT2D eigenvalue weighted by Crippen LogP contribution is -2.30. The molecule has 0 spiro atoms. The van der Waals surface area contributed by atoms with Crippen molar-refractivity contribution in [1.29, 1.82) is 0 Å². The molecule has 0 aromatic rings. The molecule has 0 rings (SSSR count). The third kappa shape index (κ3) is 74.7. The van der Waals surface area contributed by atoms with E-state index in [9.17, 15) is 43.2 Å². The van der Waals surface area contributed by atoms with E-state index in [-0.39, 0.29) is 25.7 Å². The van der Waals surface area contributed by atoms with Crippen LogP contribution in [0.1, 0.15) is 427 Å². The van der Waals surface area contributed by atoms with E-state index in [1.165, 1.54) is 231 Å². The lowest BCUT2D eigenvalue weighted by Gasteiger charge is -2.21. The first-order valence-electron chi connectivity index (χ1n) is 42.4. The number of hydrogen-bond donors (Lipinski definition) is 3. The number of rotatable bonds is 80. The van der Waals surface area contributed by atoms with Crippen LogP contribution >= 0.6 is 15.6 Å². The average Bonchev–Trinajstić information content (AvgIpc) is 0.938. The molecule has 0 saturated carbocycles. The second-order valence-corrected chi connectivity index (χ2v) is 33.6. The number of esters is 4. The number of unbranched alkanes of at least 4 members (excludes halogenated alkanes) is 47. The minimum atomic E-state index is -4.96. The Bertz CT molecular complexity index is 1960. The van der Waals surface area contributed by atoms with Gasteiger partial charge < -0.3 is 33.8 Å². The summed E-state index contributed by atoms with van der Waals surface area (Å²) in [5, 5.41) is 10.6. The van der Waals surface area contributed by atoms with Crippen LogP contribution in [0.25, 0.3) is 0 Å². The maximum atomic E-state index is 13.1. The van der Waals surface area contributed by atoms with Crippen LogP contribution in [0.3, 0.4) is 0 Å². The second kappa shape index (κ2) is 72.3. The number of carbonyl (C=O) groups excluding carboxylic acids is 4. The summed E-state index contributed by atoms with van der Waals surface area (Å²) >= 11 is 0. The molecule has 0 aliphatic heterocycles. The van der Waals surface area contributed by atoms with E-state index in [0.717, 1.165) is 114 Å². The van der Waals surface area contributed by atoms with Crippen LogP contribution in [0, 0.1) is 17.8 Å². The first kappa shape index (κ1) is 99.1. The number of carbonyl (C=O) groups is 4. The molecule has 19 heteroatoms. The summed E-state index contributed by atoms with van der Waals surface area (Å²) in [5.74, 6) is 0.165. The molecule has 0 radical (unpaired) electrons. The van der Waals surface area contributed by atoms with Crippen LogP contribution in [0.5, 0.6) is 0 Å². The predicted molar refractivity (Wildman–Crippen MR) is 414 cm³/mol.